The summed E-state index contributed by atoms with van der Waals surface area (Å²) >= 11 is 2.14. The van der Waals surface area contributed by atoms with Crippen LogP contribution in [-0.4, -0.2) is 23.6 Å². The zero-order valence-electron chi connectivity index (χ0n) is 11.8. The van der Waals surface area contributed by atoms with Crippen molar-refractivity contribution in [3.63, 3.8) is 0 Å². The summed E-state index contributed by atoms with van der Waals surface area (Å²) in [5, 5.41) is 4.73. The van der Waals surface area contributed by atoms with Gasteiger partial charge in [0.25, 0.3) is 0 Å². The molecule has 0 aromatic rings. The standard InChI is InChI=1S/C15H29NS/c1-12(2)10-15(7-4-5-8-15)11-16-14-6-9-17-13(14)3/h12-14,16H,4-11H2,1-3H3. The van der Waals surface area contributed by atoms with Crippen molar-refractivity contribution in [3.05, 3.63) is 0 Å². The smallest absolute Gasteiger partial charge is 0.0191 e. The number of hydrogen-bond donors (Lipinski definition) is 1. The van der Waals surface area contributed by atoms with Crippen LogP contribution < -0.4 is 5.32 Å². The number of nitrogens with one attached hydrogen (secondary N) is 1. The first-order chi connectivity index (χ1) is 8.11. The van der Waals surface area contributed by atoms with E-state index in [1.54, 1.807) is 0 Å². The molecular weight excluding hydrogens is 226 g/mol. The summed E-state index contributed by atoms with van der Waals surface area (Å²) in [4.78, 5) is 0. The summed E-state index contributed by atoms with van der Waals surface area (Å²) in [5.41, 5.74) is 0.640. The van der Waals surface area contributed by atoms with E-state index in [9.17, 15) is 0 Å². The maximum atomic E-state index is 3.90. The molecule has 1 saturated heterocycles. The summed E-state index contributed by atoms with van der Waals surface area (Å²) in [6, 6.07) is 0.782. The molecule has 1 aliphatic carbocycles. The lowest BCUT2D eigenvalue weighted by Crippen LogP contribution is -2.41. The molecule has 2 rings (SSSR count). The molecule has 17 heavy (non-hydrogen) atoms. The van der Waals surface area contributed by atoms with E-state index < -0.39 is 0 Å². The van der Waals surface area contributed by atoms with E-state index >= 15 is 0 Å². The summed E-state index contributed by atoms with van der Waals surface area (Å²) in [6.07, 6.45) is 8.66. The van der Waals surface area contributed by atoms with Gasteiger partial charge in [0.1, 0.15) is 0 Å². The molecule has 0 radical (unpaired) electrons. The van der Waals surface area contributed by atoms with Crippen LogP contribution in [0.2, 0.25) is 0 Å². The van der Waals surface area contributed by atoms with Crippen molar-refractivity contribution in [3.8, 4) is 0 Å². The molecule has 1 nitrogen and oxygen atoms in total. The van der Waals surface area contributed by atoms with Gasteiger partial charge in [0.15, 0.2) is 0 Å². The van der Waals surface area contributed by atoms with Crippen LogP contribution in [0.25, 0.3) is 0 Å². The molecule has 2 unspecified atom stereocenters. The second-order valence-electron chi connectivity index (χ2n) is 6.66. The quantitative estimate of drug-likeness (QED) is 0.794. The molecule has 0 aromatic heterocycles. The first-order valence-corrected chi connectivity index (χ1v) is 8.51. The van der Waals surface area contributed by atoms with Gasteiger partial charge in [-0.15, -0.1) is 0 Å². The third-order valence-electron chi connectivity index (χ3n) is 4.62. The highest BCUT2D eigenvalue weighted by atomic mass is 32.2. The molecule has 1 aliphatic heterocycles. The van der Waals surface area contributed by atoms with Crippen LogP contribution in [0.3, 0.4) is 0 Å². The van der Waals surface area contributed by atoms with Gasteiger partial charge >= 0.3 is 0 Å². The van der Waals surface area contributed by atoms with Crippen LogP contribution in [0.1, 0.15) is 59.3 Å². The Kier molecular flexibility index (Phi) is 4.82. The third-order valence-corrected chi connectivity index (χ3v) is 5.95. The minimum atomic E-state index is 0.640. The topological polar surface area (TPSA) is 12.0 Å². The molecular formula is C15H29NS. The van der Waals surface area contributed by atoms with E-state index in [1.165, 1.54) is 50.8 Å². The van der Waals surface area contributed by atoms with Crippen LogP contribution in [0.5, 0.6) is 0 Å². The maximum Gasteiger partial charge on any atom is 0.0191 e. The fourth-order valence-electron chi connectivity index (χ4n) is 3.79. The zero-order valence-corrected chi connectivity index (χ0v) is 12.6. The molecule has 2 aliphatic rings. The van der Waals surface area contributed by atoms with Crippen molar-refractivity contribution in [2.75, 3.05) is 12.3 Å². The van der Waals surface area contributed by atoms with Crippen LogP contribution >= 0.6 is 11.8 Å². The van der Waals surface area contributed by atoms with E-state index in [1.807, 2.05) is 0 Å². The first kappa shape index (κ1) is 13.7. The lowest BCUT2D eigenvalue weighted by Gasteiger charge is -2.33. The molecule has 2 heteroatoms. The van der Waals surface area contributed by atoms with Gasteiger partial charge in [0, 0.05) is 17.8 Å². The molecule has 0 aromatic carbocycles. The van der Waals surface area contributed by atoms with Gasteiger partial charge in [-0.2, -0.15) is 11.8 Å². The molecule has 0 spiro atoms. The predicted octanol–water partition coefficient (Wildman–Crippen LogP) is 4.08. The van der Waals surface area contributed by atoms with Crippen LogP contribution in [0, 0.1) is 11.3 Å². The fourth-order valence-corrected chi connectivity index (χ4v) is 5.02. The second kappa shape index (κ2) is 5.97. The van der Waals surface area contributed by atoms with E-state index in [0.29, 0.717) is 5.41 Å². The Labute approximate surface area is 112 Å². The van der Waals surface area contributed by atoms with Gasteiger partial charge in [-0.05, 0) is 42.8 Å². The van der Waals surface area contributed by atoms with Crippen molar-refractivity contribution in [2.45, 2.75) is 70.6 Å². The highest BCUT2D eigenvalue weighted by Gasteiger charge is 2.35. The highest BCUT2D eigenvalue weighted by molar-refractivity contribution is 8.00. The zero-order chi connectivity index (χ0) is 12.3. The first-order valence-electron chi connectivity index (χ1n) is 7.46. The van der Waals surface area contributed by atoms with Crippen molar-refractivity contribution in [2.24, 2.45) is 11.3 Å². The lowest BCUT2D eigenvalue weighted by molar-refractivity contribution is 0.215. The lowest BCUT2D eigenvalue weighted by atomic mass is 9.78. The summed E-state index contributed by atoms with van der Waals surface area (Å²) in [7, 11) is 0. The van der Waals surface area contributed by atoms with E-state index in [-0.39, 0.29) is 0 Å². The van der Waals surface area contributed by atoms with Crippen molar-refractivity contribution in [1.29, 1.82) is 0 Å². The van der Waals surface area contributed by atoms with E-state index in [4.69, 9.17) is 0 Å². The molecule has 2 atom stereocenters. The van der Waals surface area contributed by atoms with Crippen LogP contribution in [0.15, 0.2) is 0 Å². The Morgan fingerprint density at radius 1 is 1.29 bits per heavy atom. The summed E-state index contributed by atoms with van der Waals surface area (Å²) in [5.74, 6) is 2.21. The van der Waals surface area contributed by atoms with Gasteiger partial charge in [-0.25, -0.2) is 0 Å². The average Bonchev–Trinajstić information content (AvgIpc) is 2.85. The third kappa shape index (κ3) is 3.64. The highest BCUT2D eigenvalue weighted by Crippen LogP contribution is 2.43. The Hall–Kier alpha value is 0.310. The Morgan fingerprint density at radius 2 is 2.00 bits per heavy atom. The van der Waals surface area contributed by atoms with E-state index in [2.05, 4.69) is 37.8 Å². The van der Waals surface area contributed by atoms with Crippen molar-refractivity contribution >= 4 is 11.8 Å². The number of hydrogen-bond acceptors (Lipinski definition) is 2. The number of thioether (sulfide) groups is 1. The largest absolute Gasteiger partial charge is 0.312 e. The molecule has 0 bridgehead atoms. The van der Waals surface area contributed by atoms with Gasteiger partial charge in [0.05, 0.1) is 0 Å². The van der Waals surface area contributed by atoms with Crippen molar-refractivity contribution in [1.82, 2.24) is 5.32 Å². The normalized spacial score (nSPS) is 32.5. The average molecular weight is 255 g/mol. The van der Waals surface area contributed by atoms with Gasteiger partial charge in [0.2, 0.25) is 0 Å². The minimum absolute atomic E-state index is 0.640. The monoisotopic (exact) mass is 255 g/mol. The van der Waals surface area contributed by atoms with Gasteiger partial charge in [-0.1, -0.05) is 33.6 Å². The fraction of sp³-hybridized carbons (Fsp3) is 1.00. The van der Waals surface area contributed by atoms with Gasteiger partial charge < -0.3 is 5.32 Å². The van der Waals surface area contributed by atoms with Gasteiger partial charge in [-0.3, -0.25) is 0 Å². The number of rotatable bonds is 5. The molecule has 0 amide bonds. The minimum Gasteiger partial charge on any atom is -0.312 e. The van der Waals surface area contributed by atoms with Crippen LogP contribution in [0.4, 0.5) is 0 Å². The Bertz CT molecular complexity index is 233. The molecule has 1 heterocycles. The summed E-state index contributed by atoms with van der Waals surface area (Å²) < 4.78 is 0. The SMILES string of the molecule is CC(C)CC1(CNC2CCSC2C)CCCC1. The predicted molar refractivity (Wildman–Crippen MR) is 78.7 cm³/mol. The van der Waals surface area contributed by atoms with Crippen molar-refractivity contribution < 1.29 is 0 Å². The maximum absolute atomic E-state index is 3.90. The molecule has 1 N–H and O–H groups in total. The molecule has 100 valence electrons. The Morgan fingerprint density at radius 3 is 2.53 bits per heavy atom. The molecule has 2 fully saturated rings. The van der Waals surface area contributed by atoms with E-state index in [0.717, 1.165) is 17.2 Å². The summed E-state index contributed by atoms with van der Waals surface area (Å²) in [6.45, 7) is 8.43. The Balaban J connectivity index is 1.85. The second-order valence-corrected chi connectivity index (χ2v) is 8.14. The van der Waals surface area contributed by atoms with Crippen LogP contribution in [-0.2, 0) is 0 Å². The molecule has 1 saturated carbocycles.